The van der Waals surface area contributed by atoms with Gasteiger partial charge in [0.05, 0.1) is 24.8 Å². The molecule has 2 N–H and O–H groups in total. The molecule has 8 nitrogen and oxygen atoms in total. The first-order valence-corrected chi connectivity index (χ1v) is 11.7. The summed E-state index contributed by atoms with van der Waals surface area (Å²) in [6, 6.07) is 11.3. The molecule has 1 aliphatic heterocycles. The number of sulfonamides is 1. The van der Waals surface area contributed by atoms with E-state index in [2.05, 4.69) is 10.0 Å². The molecule has 1 saturated heterocycles. The lowest BCUT2D eigenvalue weighted by atomic mass is 10.2. The van der Waals surface area contributed by atoms with Gasteiger partial charge in [-0.2, -0.15) is 0 Å². The highest BCUT2D eigenvalue weighted by Gasteiger charge is 2.23. The molecule has 1 unspecified atom stereocenters. The van der Waals surface area contributed by atoms with E-state index in [1.165, 1.54) is 18.2 Å². The van der Waals surface area contributed by atoms with Gasteiger partial charge in [-0.25, -0.2) is 13.1 Å². The second kappa shape index (κ2) is 10.8. The fourth-order valence-corrected chi connectivity index (χ4v) is 4.69. The Balaban J connectivity index is 1.57. The van der Waals surface area contributed by atoms with Crippen molar-refractivity contribution in [1.82, 2.24) is 10.0 Å². The van der Waals surface area contributed by atoms with Crippen molar-refractivity contribution in [1.29, 1.82) is 0 Å². The minimum absolute atomic E-state index is 0.0379. The van der Waals surface area contributed by atoms with E-state index in [9.17, 15) is 13.2 Å². The molecule has 1 atom stereocenters. The summed E-state index contributed by atoms with van der Waals surface area (Å²) in [5.41, 5.74) is 0.180. The Morgan fingerprint density at radius 1 is 1.23 bits per heavy atom. The molecule has 0 saturated carbocycles. The number of para-hydroxylation sites is 2. The molecule has 31 heavy (non-hydrogen) atoms. The van der Waals surface area contributed by atoms with Gasteiger partial charge in [-0.15, -0.1) is 0 Å². The summed E-state index contributed by atoms with van der Waals surface area (Å²) in [4.78, 5) is 12.3. The van der Waals surface area contributed by atoms with Crippen molar-refractivity contribution >= 4 is 27.5 Å². The summed E-state index contributed by atoms with van der Waals surface area (Å²) in [7, 11) is -2.34. The summed E-state index contributed by atoms with van der Waals surface area (Å²) in [5, 5.41) is 2.74. The molecule has 0 aliphatic carbocycles. The molecule has 1 fully saturated rings. The van der Waals surface area contributed by atoms with Crippen molar-refractivity contribution in [3.8, 4) is 11.5 Å². The Bertz CT molecular complexity index is 1010. The summed E-state index contributed by atoms with van der Waals surface area (Å²) in [5.74, 6) is 0.726. The second-order valence-corrected chi connectivity index (χ2v) is 9.03. The molecule has 10 heteroatoms. The van der Waals surface area contributed by atoms with Crippen LogP contribution >= 0.6 is 11.6 Å². The number of carbonyl (C=O) groups excluding carboxylic acids is 1. The van der Waals surface area contributed by atoms with Crippen molar-refractivity contribution < 1.29 is 27.4 Å². The molecule has 1 aliphatic rings. The van der Waals surface area contributed by atoms with Crippen molar-refractivity contribution in [2.45, 2.75) is 23.8 Å². The van der Waals surface area contributed by atoms with E-state index in [4.69, 9.17) is 25.8 Å². The van der Waals surface area contributed by atoms with Gasteiger partial charge in [0.1, 0.15) is 11.5 Å². The van der Waals surface area contributed by atoms with E-state index in [0.717, 1.165) is 12.8 Å². The Hall–Kier alpha value is -2.33. The van der Waals surface area contributed by atoms with Gasteiger partial charge >= 0.3 is 0 Å². The predicted molar refractivity (Wildman–Crippen MR) is 116 cm³/mol. The average Bonchev–Trinajstić information content (AvgIpc) is 3.29. The summed E-state index contributed by atoms with van der Waals surface area (Å²) in [6.45, 7) is 1.23. The van der Waals surface area contributed by atoms with E-state index in [0.29, 0.717) is 18.1 Å². The number of nitrogens with one attached hydrogen (secondary N) is 2. The Kier molecular flexibility index (Phi) is 8.14. The van der Waals surface area contributed by atoms with E-state index in [1.54, 1.807) is 19.2 Å². The van der Waals surface area contributed by atoms with Crippen LogP contribution in [0, 0.1) is 0 Å². The van der Waals surface area contributed by atoms with Crippen LogP contribution in [0.2, 0.25) is 5.02 Å². The molecule has 0 spiro atoms. The molecule has 1 amide bonds. The van der Waals surface area contributed by atoms with Gasteiger partial charge < -0.3 is 19.5 Å². The summed E-state index contributed by atoms with van der Waals surface area (Å²) < 4.78 is 44.1. The second-order valence-electron chi connectivity index (χ2n) is 6.89. The monoisotopic (exact) mass is 468 g/mol. The molecule has 168 valence electrons. The summed E-state index contributed by atoms with van der Waals surface area (Å²) in [6.07, 6.45) is 1.56. The van der Waals surface area contributed by atoms with Gasteiger partial charge in [0.25, 0.3) is 5.91 Å². The number of amides is 1. The zero-order chi connectivity index (χ0) is 22.3. The van der Waals surface area contributed by atoms with Gasteiger partial charge in [-0.1, -0.05) is 23.7 Å². The first kappa shape index (κ1) is 23.3. The van der Waals surface area contributed by atoms with Crippen LogP contribution in [-0.2, 0) is 14.8 Å². The third-order valence-corrected chi connectivity index (χ3v) is 6.63. The largest absolute Gasteiger partial charge is 0.493 e. The smallest absolute Gasteiger partial charge is 0.251 e. The van der Waals surface area contributed by atoms with Crippen LogP contribution in [0.1, 0.15) is 23.2 Å². The van der Waals surface area contributed by atoms with Crippen LogP contribution in [0.25, 0.3) is 0 Å². The molecule has 0 bridgehead atoms. The number of benzene rings is 2. The maximum Gasteiger partial charge on any atom is 0.251 e. The fraction of sp³-hybridized carbons (Fsp3) is 0.381. The van der Waals surface area contributed by atoms with Crippen LogP contribution in [0.5, 0.6) is 11.5 Å². The maximum absolute atomic E-state index is 12.6. The highest BCUT2D eigenvalue weighted by atomic mass is 35.5. The molecule has 0 aromatic heterocycles. The van der Waals surface area contributed by atoms with Crippen molar-refractivity contribution in [3.63, 3.8) is 0 Å². The van der Waals surface area contributed by atoms with Gasteiger partial charge in [0.15, 0.2) is 11.5 Å². The Labute approximate surface area is 186 Å². The zero-order valence-corrected chi connectivity index (χ0v) is 18.7. The standard InChI is InChI=1S/C21H25ClN2O6S/c1-28-18-6-2-3-7-19(18)30-12-10-23-21(25)15-8-9-17(22)20(13-15)31(26,27)24-14-16-5-4-11-29-16/h2-3,6-9,13,16,24H,4-5,10-12,14H2,1H3,(H,23,25). The van der Waals surface area contributed by atoms with Gasteiger partial charge in [0.2, 0.25) is 10.0 Å². The highest BCUT2D eigenvalue weighted by Crippen LogP contribution is 2.25. The minimum atomic E-state index is -3.88. The molecule has 0 radical (unpaired) electrons. The molecule has 1 heterocycles. The van der Waals surface area contributed by atoms with Crippen LogP contribution in [0.3, 0.4) is 0 Å². The van der Waals surface area contributed by atoms with Crippen LogP contribution < -0.4 is 19.5 Å². The van der Waals surface area contributed by atoms with Gasteiger partial charge in [-0.05, 0) is 43.2 Å². The molecular weight excluding hydrogens is 444 g/mol. The minimum Gasteiger partial charge on any atom is -0.493 e. The van der Waals surface area contributed by atoms with Crippen molar-refractivity contribution in [3.05, 3.63) is 53.1 Å². The molecule has 2 aromatic rings. The SMILES string of the molecule is COc1ccccc1OCCNC(=O)c1ccc(Cl)c(S(=O)(=O)NCC2CCCO2)c1. The van der Waals surface area contributed by atoms with Crippen molar-refractivity contribution in [2.75, 3.05) is 33.4 Å². The zero-order valence-electron chi connectivity index (χ0n) is 17.1. The lowest BCUT2D eigenvalue weighted by Gasteiger charge is -2.13. The van der Waals surface area contributed by atoms with Gasteiger partial charge in [-0.3, -0.25) is 4.79 Å². The predicted octanol–water partition coefficient (Wildman–Crippen LogP) is 2.61. The van der Waals surface area contributed by atoms with E-state index in [-0.39, 0.29) is 41.3 Å². The molecular formula is C21H25ClN2O6S. The number of hydrogen-bond donors (Lipinski definition) is 2. The van der Waals surface area contributed by atoms with E-state index >= 15 is 0 Å². The number of ether oxygens (including phenoxy) is 3. The molecule has 2 aromatic carbocycles. The lowest BCUT2D eigenvalue weighted by Crippen LogP contribution is -2.32. The first-order chi connectivity index (χ1) is 14.9. The summed E-state index contributed by atoms with van der Waals surface area (Å²) >= 11 is 6.09. The number of hydrogen-bond acceptors (Lipinski definition) is 6. The van der Waals surface area contributed by atoms with E-state index < -0.39 is 15.9 Å². The topological polar surface area (TPSA) is 103 Å². The maximum atomic E-state index is 12.6. The van der Waals surface area contributed by atoms with Crippen LogP contribution in [0.4, 0.5) is 0 Å². The quantitative estimate of drug-likeness (QED) is 0.519. The normalized spacial score (nSPS) is 16.1. The Morgan fingerprint density at radius 3 is 2.71 bits per heavy atom. The molecule has 3 rings (SSSR count). The number of carbonyl (C=O) groups is 1. The lowest BCUT2D eigenvalue weighted by molar-refractivity contribution is 0.0946. The van der Waals surface area contributed by atoms with Crippen LogP contribution in [0.15, 0.2) is 47.4 Å². The van der Waals surface area contributed by atoms with Crippen molar-refractivity contribution in [2.24, 2.45) is 0 Å². The number of halogens is 1. The highest BCUT2D eigenvalue weighted by molar-refractivity contribution is 7.89. The van der Waals surface area contributed by atoms with Crippen LogP contribution in [-0.4, -0.2) is 53.8 Å². The third kappa shape index (κ3) is 6.33. The first-order valence-electron chi connectivity index (χ1n) is 9.85. The Morgan fingerprint density at radius 2 is 2.00 bits per heavy atom. The fourth-order valence-electron chi connectivity index (χ4n) is 3.10. The van der Waals surface area contributed by atoms with E-state index in [1.807, 2.05) is 12.1 Å². The van der Waals surface area contributed by atoms with Gasteiger partial charge in [0, 0.05) is 18.7 Å². The third-order valence-electron chi connectivity index (χ3n) is 4.72. The number of rotatable bonds is 10. The number of methoxy groups -OCH3 is 1. The average molecular weight is 469 g/mol.